The Morgan fingerprint density at radius 3 is 2.90 bits per heavy atom. The molecular formula is C13H15BrN2O5. The maximum absolute atomic E-state index is 12.3. The predicted molar refractivity (Wildman–Crippen MR) is 77.0 cm³/mol. The molecule has 0 aromatic carbocycles. The fraction of sp³-hybridized carbons (Fsp3) is 0.462. The van der Waals surface area contributed by atoms with Crippen molar-refractivity contribution < 1.29 is 19.4 Å². The molecule has 1 aromatic heterocycles. The van der Waals surface area contributed by atoms with Crippen molar-refractivity contribution in [1.29, 1.82) is 0 Å². The molecule has 0 saturated carbocycles. The van der Waals surface area contributed by atoms with Gasteiger partial charge in [0.15, 0.2) is 0 Å². The van der Waals surface area contributed by atoms with E-state index in [0.29, 0.717) is 17.6 Å². The van der Waals surface area contributed by atoms with E-state index in [4.69, 9.17) is 9.84 Å². The number of carboxylic acids is 1. The summed E-state index contributed by atoms with van der Waals surface area (Å²) < 4.78 is 7.21. The molecule has 1 amide bonds. The molecule has 1 atom stereocenters. The molecule has 1 aliphatic heterocycles. The zero-order valence-electron chi connectivity index (χ0n) is 11.2. The Balaban J connectivity index is 2.12. The van der Waals surface area contributed by atoms with Crippen LogP contribution in [0.25, 0.3) is 0 Å². The maximum atomic E-state index is 12.3. The van der Waals surface area contributed by atoms with E-state index >= 15 is 0 Å². The standard InChI is InChI=1S/C13H15BrN2O5/c14-9-1-2-11(17)15(6-9)7-12(18)16-3-4-21-8-10(16)5-13(19)20/h1-2,6,10H,3-5,7-8H2,(H,19,20). The normalized spacial score (nSPS) is 18.5. The average molecular weight is 359 g/mol. The molecule has 0 bridgehead atoms. The van der Waals surface area contributed by atoms with Gasteiger partial charge in [-0.2, -0.15) is 0 Å². The second kappa shape index (κ2) is 6.86. The summed E-state index contributed by atoms with van der Waals surface area (Å²) in [7, 11) is 0. The fourth-order valence-electron chi connectivity index (χ4n) is 2.22. The first-order valence-electron chi connectivity index (χ1n) is 6.42. The summed E-state index contributed by atoms with van der Waals surface area (Å²) in [6.07, 6.45) is 1.37. The number of aromatic nitrogens is 1. The first kappa shape index (κ1) is 15.7. The first-order chi connectivity index (χ1) is 9.97. The number of rotatable bonds is 4. The average Bonchev–Trinajstić information content (AvgIpc) is 2.42. The number of carbonyl (C=O) groups excluding carboxylic acids is 1. The van der Waals surface area contributed by atoms with Gasteiger partial charge in [-0.25, -0.2) is 0 Å². The molecule has 1 fully saturated rings. The van der Waals surface area contributed by atoms with E-state index < -0.39 is 12.0 Å². The molecule has 2 heterocycles. The van der Waals surface area contributed by atoms with Crippen molar-refractivity contribution in [2.24, 2.45) is 0 Å². The van der Waals surface area contributed by atoms with Gasteiger partial charge in [0.05, 0.1) is 25.7 Å². The zero-order chi connectivity index (χ0) is 15.4. The molecule has 1 aliphatic rings. The van der Waals surface area contributed by atoms with Gasteiger partial charge in [0.25, 0.3) is 5.56 Å². The van der Waals surface area contributed by atoms with Crippen molar-refractivity contribution in [3.8, 4) is 0 Å². The Hall–Kier alpha value is -1.67. The van der Waals surface area contributed by atoms with Crippen LogP contribution in [0.15, 0.2) is 27.6 Å². The van der Waals surface area contributed by atoms with Gasteiger partial charge in [0.1, 0.15) is 6.54 Å². The second-order valence-electron chi connectivity index (χ2n) is 4.73. The number of morpholine rings is 1. The summed E-state index contributed by atoms with van der Waals surface area (Å²) in [5.41, 5.74) is -0.283. The number of carbonyl (C=O) groups is 2. The number of nitrogens with zero attached hydrogens (tertiary/aromatic N) is 2. The number of halogens is 1. The van der Waals surface area contributed by atoms with Gasteiger partial charge in [-0.05, 0) is 22.0 Å². The third kappa shape index (κ3) is 4.15. The van der Waals surface area contributed by atoms with Gasteiger partial charge in [-0.15, -0.1) is 0 Å². The van der Waals surface area contributed by atoms with Crippen molar-refractivity contribution in [3.63, 3.8) is 0 Å². The van der Waals surface area contributed by atoms with E-state index in [0.717, 1.165) is 0 Å². The highest BCUT2D eigenvalue weighted by Gasteiger charge is 2.29. The third-order valence-corrected chi connectivity index (χ3v) is 3.68. The highest BCUT2D eigenvalue weighted by atomic mass is 79.9. The highest BCUT2D eigenvalue weighted by molar-refractivity contribution is 9.10. The smallest absolute Gasteiger partial charge is 0.305 e. The minimum Gasteiger partial charge on any atom is -0.481 e. The molecule has 0 spiro atoms. The molecule has 1 aromatic rings. The number of hydrogen-bond donors (Lipinski definition) is 1. The lowest BCUT2D eigenvalue weighted by Crippen LogP contribution is -2.51. The molecule has 21 heavy (non-hydrogen) atoms. The Kier molecular flexibility index (Phi) is 5.13. The van der Waals surface area contributed by atoms with Crippen LogP contribution < -0.4 is 5.56 Å². The minimum atomic E-state index is -0.983. The summed E-state index contributed by atoms with van der Waals surface area (Å²) in [6.45, 7) is 0.786. The van der Waals surface area contributed by atoms with Gasteiger partial charge in [-0.3, -0.25) is 14.4 Å². The molecule has 1 saturated heterocycles. The van der Waals surface area contributed by atoms with Crippen molar-refractivity contribution in [2.45, 2.75) is 19.0 Å². The maximum Gasteiger partial charge on any atom is 0.305 e. The van der Waals surface area contributed by atoms with Crippen LogP contribution in [-0.2, 0) is 20.9 Å². The number of amides is 1. The van der Waals surface area contributed by atoms with Crippen LogP contribution in [-0.4, -0.2) is 52.3 Å². The molecule has 114 valence electrons. The number of ether oxygens (including phenoxy) is 1. The van der Waals surface area contributed by atoms with Gasteiger partial charge in [0.2, 0.25) is 5.91 Å². The molecule has 0 radical (unpaired) electrons. The van der Waals surface area contributed by atoms with Gasteiger partial charge >= 0.3 is 5.97 Å². The van der Waals surface area contributed by atoms with Crippen LogP contribution in [0.3, 0.4) is 0 Å². The first-order valence-corrected chi connectivity index (χ1v) is 7.21. The Morgan fingerprint density at radius 1 is 1.43 bits per heavy atom. The number of carboxylic acid groups (broad SMARTS) is 1. The quantitative estimate of drug-likeness (QED) is 0.836. The van der Waals surface area contributed by atoms with Gasteiger partial charge in [0, 0.05) is 23.3 Å². The van der Waals surface area contributed by atoms with Crippen molar-refractivity contribution in [1.82, 2.24) is 9.47 Å². The summed E-state index contributed by atoms with van der Waals surface area (Å²) in [4.78, 5) is 36.3. The summed E-state index contributed by atoms with van der Waals surface area (Å²) in [6, 6.07) is 2.48. The molecule has 0 aliphatic carbocycles. The molecule has 2 rings (SSSR count). The van der Waals surface area contributed by atoms with E-state index in [1.807, 2.05) is 0 Å². The van der Waals surface area contributed by atoms with Crippen LogP contribution in [0, 0.1) is 0 Å². The minimum absolute atomic E-state index is 0.117. The fourth-order valence-corrected chi connectivity index (χ4v) is 2.60. The SMILES string of the molecule is O=C(O)CC1COCCN1C(=O)Cn1cc(Br)ccc1=O. The largest absolute Gasteiger partial charge is 0.481 e. The molecule has 1 N–H and O–H groups in total. The molecule has 1 unspecified atom stereocenters. The van der Waals surface area contributed by atoms with E-state index in [-0.39, 0.29) is 31.0 Å². The van der Waals surface area contributed by atoms with Crippen LogP contribution >= 0.6 is 15.9 Å². The van der Waals surface area contributed by atoms with Crippen LogP contribution in [0.2, 0.25) is 0 Å². The number of hydrogen-bond acceptors (Lipinski definition) is 4. The third-order valence-electron chi connectivity index (χ3n) is 3.21. The van der Waals surface area contributed by atoms with Crippen molar-refractivity contribution in [2.75, 3.05) is 19.8 Å². The molecular weight excluding hydrogens is 344 g/mol. The van der Waals surface area contributed by atoms with Crippen LogP contribution in [0.1, 0.15) is 6.42 Å². The van der Waals surface area contributed by atoms with Crippen LogP contribution in [0.4, 0.5) is 0 Å². The summed E-state index contributed by atoms with van der Waals surface area (Å²) in [5.74, 6) is -1.27. The zero-order valence-corrected chi connectivity index (χ0v) is 12.8. The van der Waals surface area contributed by atoms with Crippen molar-refractivity contribution >= 4 is 27.8 Å². The summed E-state index contributed by atoms with van der Waals surface area (Å²) in [5, 5.41) is 8.88. The van der Waals surface area contributed by atoms with Crippen molar-refractivity contribution in [3.05, 3.63) is 33.2 Å². The van der Waals surface area contributed by atoms with E-state index in [2.05, 4.69) is 15.9 Å². The lowest BCUT2D eigenvalue weighted by Gasteiger charge is -2.35. The summed E-state index contributed by atoms with van der Waals surface area (Å²) >= 11 is 3.24. The predicted octanol–water partition coefficient (Wildman–Crippen LogP) is 0.313. The second-order valence-corrected chi connectivity index (χ2v) is 5.64. The molecule has 8 heteroatoms. The Labute approximate surface area is 129 Å². The lowest BCUT2D eigenvalue weighted by molar-refractivity contribution is -0.146. The Morgan fingerprint density at radius 2 is 2.19 bits per heavy atom. The molecule has 7 nitrogen and oxygen atoms in total. The Bertz CT molecular complexity index is 600. The van der Waals surface area contributed by atoms with Crippen LogP contribution in [0.5, 0.6) is 0 Å². The van der Waals surface area contributed by atoms with E-state index in [1.54, 1.807) is 6.07 Å². The topological polar surface area (TPSA) is 88.8 Å². The van der Waals surface area contributed by atoms with E-state index in [1.165, 1.54) is 21.7 Å². The lowest BCUT2D eigenvalue weighted by atomic mass is 10.1. The van der Waals surface area contributed by atoms with E-state index in [9.17, 15) is 14.4 Å². The number of pyridine rings is 1. The number of aliphatic carboxylic acids is 1. The van der Waals surface area contributed by atoms with Gasteiger partial charge in [-0.1, -0.05) is 0 Å². The monoisotopic (exact) mass is 358 g/mol. The highest BCUT2D eigenvalue weighted by Crippen LogP contribution is 2.12. The van der Waals surface area contributed by atoms with Gasteiger partial charge < -0.3 is 19.3 Å².